The van der Waals surface area contributed by atoms with Crippen LogP contribution in [0.1, 0.15) is 46.0 Å². The van der Waals surface area contributed by atoms with Crippen LogP contribution in [0.25, 0.3) is 0 Å². The Labute approximate surface area is 107 Å². The van der Waals surface area contributed by atoms with E-state index in [1.807, 2.05) is 0 Å². The van der Waals surface area contributed by atoms with E-state index in [1.165, 1.54) is 4.90 Å². The van der Waals surface area contributed by atoms with E-state index >= 15 is 0 Å². The number of rotatable bonds is 5. The average Bonchev–Trinajstić information content (AvgIpc) is 3.07. The van der Waals surface area contributed by atoms with Gasteiger partial charge in [0, 0.05) is 6.54 Å². The quantitative estimate of drug-likeness (QED) is 0.598. The number of imide groups is 2. The Hall–Kier alpha value is -1.39. The molecule has 1 aliphatic carbocycles. The molecule has 1 saturated heterocycles. The van der Waals surface area contributed by atoms with Gasteiger partial charge in [-0.15, -0.1) is 0 Å². The van der Waals surface area contributed by atoms with Crippen LogP contribution in [0.4, 0.5) is 4.79 Å². The standard InChI is InChI=1S/C13H20N2O3/c1-9(2)5-3-4-8-15-11(17)13(6-7-13)10(16)14-12(15)18/h9H,3-8H2,1-2H3,(H,14,16,18). The molecule has 0 radical (unpaired) electrons. The Kier molecular flexibility index (Phi) is 3.41. The second-order valence-corrected chi connectivity index (χ2v) is 5.69. The molecule has 0 bridgehead atoms. The van der Waals surface area contributed by atoms with Gasteiger partial charge in [-0.1, -0.05) is 26.7 Å². The minimum Gasteiger partial charge on any atom is -0.277 e. The summed E-state index contributed by atoms with van der Waals surface area (Å²) in [4.78, 5) is 36.5. The number of carbonyl (C=O) groups excluding carboxylic acids is 3. The van der Waals surface area contributed by atoms with Crippen molar-refractivity contribution in [3.8, 4) is 0 Å². The molecule has 2 aliphatic rings. The summed E-state index contributed by atoms with van der Waals surface area (Å²) in [5.74, 6) is -0.0658. The fourth-order valence-corrected chi connectivity index (χ4v) is 2.32. The molecule has 1 saturated carbocycles. The SMILES string of the molecule is CC(C)CCCCN1C(=O)NC(=O)C2(CC2)C1=O. The van der Waals surface area contributed by atoms with Crippen molar-refractivity contribution in [1.82, 2.24) is 10.2 Å². The number of carbonyl (C=O) groups is 3. The number of urea groups is 1. The number of barbiturate groups is 1. The summed E-state index contributed by atoms with van der Waals surface area (Å²) >= 11 is 0. The Bertz CT molecular complexity index is 386. The maximum atomic E-state index is 12.1. The van der Waals surface area contributed by atoms with Gasteiger partial charge in [0.15, 0.2) is 0 Å². The second kappa shape index (κ2) is 4.71. The predicted molar refractivity (Wildman–Crippen MR) is 65.6 cm³/mol. The van der Waals surface area contributed by atoms with E-state index in [2.05, 4.69) is 19.2 Å². The molecule has 5 heteroatoms. The lowest BCUT2D eigenvalue weighted by atomic mass is 10.0. The Morgan fingerprint density at radius 1 is 1.22 bits per heavy atom. The van der Waals surface area contributed by atoms with Gasteiger partial charge < -0.3 is 0 Å². The van der Waals surface area contributed by atoms with Crippen LogP contribution in [0, 0.1) is 11.3 Å². The van der Waals surface area contributed by atoms with Gasteiger partial charge in [-0.2, -0.15) is 0 Å². The van der Waals surface area contributed by atoms with Gasteiger partial charge in [-0.05, 0) is 25.2 Å². The number of hydrogen-bond donors (Lipinski definition) is 1. The third-order valence-corrected chi connectivity index (χ3v) is 3.72. The molecule has 2 rings (SSSR count). The molecular formula is C13H20N2O3. The first-order valence-corrected chi connectivity index (χ1v) is 6.65. The summed E-state index contributed by atoms with van der Waals surface area (Å²) in [6, 6.07) is -0.549. The van der Waals surface area contributed by atoms with Gasteiger partial charge in [0.2, 0.25) is 11.8 Å². The third-order valence-electron chi connectivity index (χ3n) is 3.72. The molecular weight excluding hydrogens is 232 g/mol. The minimum absolute atomic E-state index is 0.291. The van der Waals surface area contributed by atoms with Crippen molar-refractivity contribution < 1.29 is 14.4 Å². The van der Waals surface area contributed by atoms with Crippen LogP contribution in [0.5, 0.6) is 0 Å². The predicted octanol–water partition coefficient (Wildman–Crippen LogP) is 1.67. The second-order valence-electron chi connectivity index (χ2n) is 5.69. The first-order chi connectivity index (χ1) is 8.47. The molecule has 18 heavy (non-hydrogen) atoms. The summed E-state index contributed by atoms with van der Waals surface area (Å²) < 4.78 is 0. The van der Waals surface area contributed by atoms with E-state index in [0.717, 1.165) is 19.3 Å². The smallest absolute Gasteiger partial charge is 0.277 e. The molecule has 1 spiro atoms. The highest BCUT2D eigenvalue weighted by atomic mass is 16.2. The van der Waals surface area contributed by atoms with E-state index in [-0.39, 0.29) is 5.91 Å². The summed E-state index contributed by atoms with van der Waals surface area (Å²) in [7, 11) is 0. The van der Waals surface area contributed by atoms with Crippen LogP contribution in [0.3, 0.4) is 0 Å². The fourth-order valence-electron chi connectivity index (χ4n) is 2.32. The molecule has 0 unspecified atom stereocenters. The Morgan fingerprint density at radius 3 is 2.44 bits per heavy atom. The maximum Gasteiger partial charge on any atom is 0.330 e. The van der Waals surface area contributed by atoms with Crippen molar-refractivity contribution >= 4 is 17.8 Å². The van der Waals surface area contributed by atoms with Crippen LogP contribution >= 0.6 is 0 Å². The van der Waals surface area contributed by atoms with Crippen molar-refractivity contribution in [3.05, 3.63) is 0 Å². The highest BCUT2D eigenvalue weighted by Crippen LogP contribution is 2.48. The molecule has 1 aliphatic heterocycles. The van der Waals surface area contributed by atoms with Crippen LogP contribution in [0.15, 0.2) is 0 Å². The number of unbranched alkanes of at least 4 members (excludes halogenated alkanes) is 1. The van der Waals surface area contributed by atoms with Gasteiger partial charge in [0.1, 0.15) is 5.41 Å². The molecule has 1 heterocycles. The van der Waals surface area contributed by atoms with Crippen molar-refractivity contribution in [2.45, 2.75) is 46.0 Å². The highest BCUT2D eigenvalue weighted by molar-refractivity contribution is 6.20. The molecule has 4 amide bonds. The average molecular weight is 252 g/mol. The van der Waals surface area contributed by atoms with Crippen molar-refractivity contribution in [2.75, 3.05) is 6.54 Å². The summed E-state index contributed by atoms with van der Waals surface area (Å²) in [5, 5.41) is 2.29. The first kappa shape index (κ1) is 13.1. The molecule has 0 atom stereocenters. The Morgan fingerprint density at radius 2 is 1.89 bits per heavy atom. The third kappa shape index (κ3) is 2.26. The topological polar surface area (TPSA) is 66.5 Å². The van der Waals surface area contributed by atoms with Crippen LogP contribution in [-0.2, 0) is 9.59 Å². The van der Waals surface area contributed by atoms with Crippen molar-refractivity contribution in [3.63, 3.8) is 0 Å². The summed E-state index contributed by atoms with van der Waals surface area (Å²) in [5.41, 5.74) is -0.897. The normalized spacial score (nSPS) is 21.7. The van der Waals surface area contributed by atoms with Gasteiger partial charge in [-0.3, -0.25) is 19.8 Å². The van der Waals surface area contributed by atoms with Gasteiger partial charge >= 0.3 is 6.03 Å². The lowest BCUT2D eigenvalue weighted by Gasteiger charge is -2.30. The van der Waals surface area contributed by atoms with E-state index in [9.17, 15) is 14.4 Å². The fraction of sp³-hybridized carbons (Fsp3) is 0.769. The van der Waals surface area contributed by atoms with E-state index in [1.54, 1.807) is 0 Å². The lowest BCUT2D eigenvalue weighted by molar-refractivity contribution is -0.144. The van der Waals surface area contributed by atoms with E-state index in [4.69, 9.17) is 0 Å². The van der Waals surface area contributed by atoms with E-state index < -0.39 is 17.4 Å². The molecule has 2 fully saturated rings. The van der Waals surface area contributed by atoms with Crippen molar-refractivity contribution in [2.24, 2.45) is 11.3 Å². The van der Waals surface area contributed by atoms with Gasteiger partial charge in [-0.25, -0.2) is 4.79 Å². The van der Waals surface area contributed by atoms with Crippen LogP contribution < -0.4 is 5.32 Å². The maximum absolute atomic E-state index is 12.1. The Balaban J connectivity index is 1.89. The van der Waals surface area contributed by atoms with Gasteiger partial charge in [0.05, 0.1) is 0 Å². The molecule has 0 aromatic rings. The highest BCUT2D eigenvalue weighted by Gasteiger charge is 2.61. The van der Waals surface area contributed by atoms with E-state index in [0.29, 0.717) is 25.3 Å². The zero-order valence-electron chi connectivity index (χ0n) is 11.0. The number of hydrogen-bond acceptors (Lipinski definition) is 3. The van der Waals surface area contributed by atoms with Crippen molar-refractivity contribution in [1.29, 1.82) is 0 Å². The zero-order chi connectivity index (χ0) is 13.3. The number of amides is 4. The molecule has 5 nitrogen and oxygen atoms in total. The molecule has 0 aromatic heterocycles. The minimum atomic E-state index is -0.897. The number of nitrogens with one attached hydrogen (secondary N) is 1. The first-order valence-electron chi connectivity index (χ1n) is 6.65. The number of nitrogens with zero attached hydrogens (tertiary/aromatic N) is 1. The molecule has 1 N–H and O–H groups in total. The van der Waals surface area contributed by atoms with Gasteiger partial charge in [0.25, 0.3) is 0 Å². The van der Waals surface area contributed by atoms with Crippen LogP contribution in [0.2, 0.25) is 0 Å². The summed E-state index contributed by atoms with van der Waals surface area (Å²) in [6.45, 7) is 4.72. The molecule has 100 valence electrons. The summed E-state index contributed by atoms with van der Waals surface area (Å²) in [6.07, 6.45) is 4.05. The largest absolute Gasteiger partial charge is 0.330 e. The zero-order valence-corrected chi connectivity index (χ0v) is 11.0. The molecule has 0 aromatic carbocycles. The van der Waals surface area contributed by atoms with Crippen LogP contribution in [-0.4, -0.2) is 29.3 Å². The monoisotopic (exact) mass is 252 g/mol. The lowest BCUT2D eigenvalue weighted by Crippen LogP contribution is -2.59.